The van der Waals surface area contributed by atoms with Crippen LogP contribution in [0.5, 0.6) is 0 Å². The highest BCUT2D eigenvalue weighted by Crippen LogP contribution is 2.45. The molecule has 7 heteroatoms. The first kappa shape index (κ1) is 30.4. The molecule has 6 unspecified atom stereocenters. The average Bonchev–Trinajstić information content (AvgIpc) is 3.33. The molecule has 0 aliphatic carbocycles. The van der Waals surface area contributed by atoms with Gasteiger partial charge in [-0.15, -0.1) is 11.8 Å². The van der Waals surface area contributed by atoms with E-state index in [0.29, 0.717) is 11.1 Å². The summed E-state index contributed by atoms with van der Waals surface area (Å²) in [5.41, 5.74) is 3.03. The molecule has 0 N–H and O–H groups in total. The summed E-state index contributed by atoms with van der Waals surface area (Å²) in [7, 11) is 0. The Morgan fingerprint density at radius 2 is 0.932 bits per heavy atom. The molecule has 0 aromatic heterocycles. The van der Waals surface area contributed by atoms with Crippen molar-refractivity contribution in [2.75, 3.05) is 0 Å². The van der Waals surface area contributed by atoms with Gasteiger partial charge in [0.25, 0.3) is 0 Å². The van der Waals surface area contributed by atoms with Gasteiger partial charge >= 0.3 is 0 Å². The fourth-order valence-corrected chi connectivity index (χ4v) is 7.45. The van der Waals surface area contributed by atoms with E-state index in [1.165, 1.54) is 11.8 Å². The Balaban J connectivity index is 1.44. The molecule has 0 spiro atoms. The lowest BCUT2D eigenvalue weighted by Gasteiger charge is -2.30. The van der Waals surface area contributed by atoms with Gasteiger partial charge in [0.05, 0.1) is 23.7 Å². The monoisotopic (exact) mass is 608 g/mol. The zero-order chi connectivity index (χ0) is 30.5. The summed E-state index contributed by atoms with van der Waals surface area (Å²) in [6, 6.07) is 38.0. The number of rotatable bonds is 10. The summed E-state index contributed by atoms with van der Waals surface area (Å²) < 4.78 is 26.4. The molecule has 6 rings (SSSR count). The summed E-state index contributed by atoms with van der Waals surface area (Å²) in [6.45, 7) is 4.23. The largest absolute Gasteiger partial charge is 0.369 e. The second-order valence-electron chi connectivity index (χ2n) is 11.5. The third-order valence-corrected chi connectivity index (χ3v) is 9.46. The van der Waals surface area contributed by atoms with Crippen LogP contribution in [0.1, 0.15) is 45.7 Å². The average molecular weight is 609 g/mol. The number of Topliss-reactive ketones (excluding diaryl/α,β-unsaturated/α-hetero) is 2. The van der Waals surface area contributed by atoms with E-state index in [0.717, 1.165) is 11.1 Å². The molecule has 2 aliphatic heterocycles. The normalized spacial score (nSPS) is 26.0. The number of hydrogen-bond acceptors (Lipinski definition) is 7. The van der Waals surface area contributed by atoms with Crippen LogP contribution in [-0.4, -0.2) is 52.3 Å². The molecule has 2 fully saturated rings. The van der Waals surface area contributed by atoms with Crippen LogP contribution in [0.15, 0.2) is 121 Å². The van der Waals surface area contributed by atoms with Crippen LogP contribution in [0.4, 0.5) is 0 Å². The highest BCUT2D eigenvalue weighted by Gasteiger charge is 2.58. The van der Waals surface area contributed by atoms with E-state index in [-0.39, 0.29) is 24.8 Å². The van der Waals surface area contributed by atoms with Crippen molar-refractivity contribution in [1.82, 2.24) is 0 Å². The molecule has 6 nitrogen and oxygen atoms in total. The van der Waals surface area contributed by atoms with Gasteiger partial charge in [-0.1, -0.05) is 121 Å². The maximum Gasteiger partial charge on any atom is 0.178 e. The maximum absolute atomic E-state index is 14.4. The molecule has 2 heterocycles. The number of carbonyl (C=O) groups excluding carboxylic acids is 2. The summed E-state index contributed by atoms with van der Waals surface area (Å²) in [6.07, 6.45) is -2.80. The van der Waals surface area contributed by atoms with Gasteiger partial charge in [0.2, 0.25) is 0 Å². The zero-order valence-corrected chi connectivity index (χ0v) is 25.6. The Morgan fingerprint density at radius 3 is 1.30 bits per heavy atom. The highest BCUT2D eigenvalue weighted by atomic mass is 32.2. The lowest BCUT2D eigenvalue weighted by molar-refractivity contribution is -0.166. The number of benzene rings is 4. The fraction of sp³-hybridized carbons (Fsp3) is 0.297. The lowest BCUT2D eigenvalue weighted by Crippen LogP contribution is -2.49. The molecule has 0 saturated carbocycles. The first-order chi connectivity index (χ1) is 21.4. The number of thioether (sulfide) groups is 1. The Bertz CT molecular complexity index is 1410. The minimum Gasteiger partial charge on any atom is -0.369 e. The van der Waals surface area contributed by atoms with Gasteiger partial charge < -0.3 is 18.9 Å². The fourth-order valence-electron chi connectivity index (χ4n) is 5.84. The van der Waals surface area contributed by atoms with E-state index in [1.807, 2.05) is 111 Å². The smallest absolute Gasteiger partial charge is 0.178 e. The van der Waals surface area contributed by atoms with Crippen LogP contribution in [0.3, 0.4) is 0 Å². The SMILES string of the molecule is CC1(C)OC2C(OCc3ccccc3)C(C(=O)c3ccccc3)SC(C(=O)c3ccccc3)C(OCc3ccccc3)C2O1. The molecule has 0 amide bonds. The first-order valence-electron chi connectivity index (χ1n) is 14.9. The quantitative estimate of drug-likeness (QED) is 0.181. The van der Waals surface area contributed by atoms with Crippen molar-refractivity contribution >= 4 is 23.3 Å². The molecular formula is C37H36O6S. The van der Waals surface area contributed by atoms with Crippen molar-refractivity contribution in [1.29, 1.82) is 0 Å². The molecule has 0 radical (unpaired) electrons. The minimum absolute atomic E-state index is 0.129. The summed E-state index contributed by atoms with van der Waals surface area (Å²) in [5, 5.41) is -1.54. The van der Waals surface area contributed by atoms with Gasteiger partial charge in [-0.2, -0.15) is 0 Å². The topological polar surface area (TPSA) is 71.1 Å². The molecular weight excluding hydrogens is 572 g/mol. The van der Waals surface area contributed by atoms with Gasteiger partial charge in [-0.3, -0.25) is 9.59 Å². The van der Waals surface area contributed by atoms with E-state index in [1.54, 1.807) is 24.3 Å². The molecule has 2 aliphatic rings. The van der Waals surface area contributed by atoms with E-state index >= 15 is 0 Å². The van der Waals surface area contributed by atoms with Gasteiger partial charge in [-0.25, -0.2) is 0 Å². The lowest BCUT2D eigenvalue weighted by atomic mass is 9.93. The van der Waals surface area contributed by atoms with Crippen LogP contribution in [0, 0.1) is 0 Å². The number of hydrogen-bond donors (Lipinski definition) is 0. The predicted octanol–water partition coefficient (Wildman–Crippen LogP) is 6.93. The molecule has 6 atom stereocenters. The number of fused-ring (bicyclic) bond motifs is 1. The molecule has 4 aromatic rings. The van der Waals surface area contributed by atoms with Crippen LogP contribution < -0.4 is 0 Å². The van der Waals surface area contributed by atoms with E-state index < -0.39 is 40.7 Å². The Kier molecular flexibility index (Phi) is 9.40. The summed E-state index contributed by atoms with van der Waals surface area (Å²) in [5.74, 6) is -1.24. The third-order valence-electron chi connectivity index (χ3n) is 7.91. The van der Waals surface area contributed by atoms with Crippen LogP contribution >= 0.6 is 11.8 Å². The molecule has 2 saturated heterocycles. The van der Waals surface area contributed by atoms with Gasteiger partial charge in [0.15, 0.2) is 17.4 Å². The second-order valence-corrected chi connectivity index (χ2v) is 12.8. The van der Waals surface area contributed by atoms with Crippen LogP contribution in [-0.2, 0) is 32.2 Å². The van der Waals surface area contributed by atoms with Crippen molar-refractivity contribution < 1.29 is 28.5 Å². The third kappa shape index (κ3) is 6.88. The highest BCUT2D eigenvalue weighted by molar-refractivity contribution is 8.02. The van der Waals surface area contributed by atoms with Gasteiger partial charge in [-0.05, 0) is 25.0 Å². The van der Waals surface area contributed by atoms with Crippen molar-refractivity contribution in [2.45, 2.75) is 67.8 Å². The van der Waals surface area contributed by atoms with E-state index in [9.17, 15) is 9.59 Å². The molecule has 4 aromatic carbocycles. The van der Waals surface area contributed by atoms with Crippen molar-refractivity contribution in [3.63, 3.8) is 0 Å². The molecule has 0 bridgehead atoms. The van der Waals surface area contributed by atoms with Crippen molar-refractivity contribution in [2.24, 2.45) is 0 Å². The van der Waals surface area contributed by atoms with Crippen LogP contribution in [0.25, 0.3) is 0 Å². The predicted molar refractivity (Wildman–Crippen MR) is 171 cm³/mol. The Labute approximate surface area is 262 Å². The van der Waals surface area contributed by atoms with Crippen molar-refractivity contribution in [3.05, 3.63) is 144 Å². The maximum atomic E-state index is 14.4. The Hall–Kier alpha value is -3.59. The second kappa shape index (κ2) is 13.6. The summed E-state index contributed by atoms with van der Waals surface area (Å²) in [4.78, 5) is 28.7. The Morgan fingerprint density at radius 1 is 0.591 bits per heavy atom. The number of ketones is 2. The van der Waals surface area contributed by atoms with Crippen LogP contribution in [0.2, 0.25) is 0 Å². The minimum atomic E-state index is -0.985. The van der Waals surface area contributed by atoms with Gasteiger partial charge in [0, 0.05) is 11.1 Å². The zero-order valence-electron chi connectivity index (χ0n) is 24.8. The molecule has 44 heavy (non-hydrogen) atoms. The summed E-state index contributed by atoms with van der Waals surface area (Å²) >= 11 is 1.29. The van der Waals surface area contributed by atoms with Crippen molar-refractivity contribution in [3.8, 4) is 0 Å². The van der Waals surface area contributed by atoms with E-state index in [2.05, 4.69) is 0 Å². The molecule has 226 valence electrons. The standard InChI is InChI=1S/C37H36O6S/c1-37(2)42-31-32(43-37)34(41-24-26-17-9-4-10-18-26)36(30(39)28-21-13-6-14-22-28)44-35(29(38)27-19-11-5-12-20-27)33(31)40-23-25-15-7-3-8-16-25/h3-22,31-36H,23-24H2,1-2H3. The number of carbonyl (C=O) groups is 2. The first-order valence-corrected chi connectivity index (χ1v) is 15.8. The van der Waals surface area contributed by atoms with Gasteiger partial charge in [0.1, 0.15) is 24.4 Å². The van der Waals surface area contributed by atoms with E-state index in [4.69, 9.17) is 18.9 Å². The number of ether oxygens (including phenoxy) is 4.